The van der Waals surface area contributed by atoms with Gasteiger partial charge in [-0.05, 0) is 75.2 Å². The number of nitrogens with zero attached hydrogens (tertiary/aromatic N) is 1. The van der Waals surface area contributed by atoms with Gasteiger partial charge in [0.15, 0.2) is 0 Å². The van der Waals surface area contributed by atoms with Gasteiger partial charge in [0.2, 0.25) is 0 Å². The molecule has 4 nitrogen and oxygen atoms in total. The monoisotopic (exact) mass is 380 g/mol. The van der Waals surface area contributed by atoms with Crippen molar-refractivity contribution in [3.63, 3.8) is 0 Å². The number of carbonyl (C=O) groups excluding carboxylic acids is 1. The molecule has 0 spiro atoms. The van der Waals surface area contributed by atoms with E-state index in [-0.39, 0.29) is 12.0 Å². The zero-order chi connectivity index (χ0) is 19.8. The molecule has 0 saturated carbocycles. The number of hydrogen-bond donors (Lipinski definition) is 1. The summed E-state index contributed by atoms with van der Waals surface area (Å²) in [6.45, 7) is 7.84. The van der Waals surface area contributed by atoms with Crippen LogP contribution in [0.25, 0.3) is 0 Å². The second kappa shape index (κ2) is 10.3. The quantitative estimate of drug-likeness (QED) is 0.752. The molecule has 0 aromatic heterocycles. The molecule has 1 amide bonds. The molecule has 2 aromatic carbocycles. The Balaban J connectivity index is 1.51. The van der Waals surface area contributed by atoms with Gasteiger partial charge < -0.3 is 10.1 Å². The molecule has 3 rings (SSSR count). The normalized spacial score (nSPS) is 15.2. The predicted molar refractivity (Wildman–Crippen MR) is 114 cm³/mol. The number of carbonyl (C=O) groups is 1. The second-order valence-electron chi connectivity index (χ2n) is 7.88. The lowest BCUT2D eigenvalue weighted by Crippen LogP contribution is -2.24. The van der Waals surface area contributed by atoms with Gasteiger partial charge in [-0.1, -0.05) is 37.1 Å². The van der Waals surface area contributed by atoms with Crippen molar-refractivity contribution >= 4 is 5.91 Å². The van der Waals surface area contributed by atoms with Gasteiger partial charge >= 0.3 is 0 Å². The van der Waals surface area contributed by atoms with Gasteiger partial charge in [-0.3, -0.25) is 9.69 Å². The van der Waals surface area contributed by atoms with Gasteiger partial charge in [-0.2, -0.15) is 0 Å². The Morgan fingerprint density at radius 1 is 1.00 bits per heavy atom. The Labute approximate surface area is 168 Å². The fourth-order valence-electron chi connectivity index (χ4n) is 3.60. The SMILES string of the molecule is CC(C)Oc1cccc(CNC(=O)c2ccc(CN3CCCCCC3)cc2)c1. The highest BCUT2D eigenvalue weighted by Gasteiger charge is 2.10. The number of amides is 1. The fraction of sp³-hybridized carbons (Fsp3) is 0.458. The molecular formula is C24H32N2O2. The lowest BCUT2D eigenvalue weighted by molar-refractivity contribution is 0.0950. The molecular weight excluding hydrogens is 348 g/mol. The first-order valence-electron chi connectivity index (χ1n) is 10.5. The molecule has 1 N–H and O–H groups in total. The summed E-state index contributed by atoms with van der Waals surface area (Å²) in [6.07, 6.45) is 5.43. The molecule has 28 heavy (non-hydrogen) atoms. The van der Waals surface area contributed by atoms with Gasteiger partial charge in [-0.25, -0.2) is 0 Å². The van der Waals surface area contributed by atoms with Gasteiger partial charge in [0.1, 0.15) is 5.75 Å². The zero-order valence-electron chi connectivity index (χ0n) is 17.1. The summed E-state index contributed by atoms with van der Waals surface area (Å²) in [6, 6.07) is 15.9. The van der Waals surface area contributed by atoms with Crippen LogP contribution >= 0.6 is 0 Å². The third kappa shape index (κ3) is 6.38. The maximum Gasteiger partial charge on any atom is 0.251 e. The number of benzene rings is 2. The van der Waals surface area contributed by atoms with Gasteiger partial charge in [0.05, 0.1) is 6.10 Å². The Bertz CT molecular complexity index is 747. The fourth-order valence-corrected chi connectivity index (χ4v) is 3.60. The Morgan fingerprint density at radius 3 is 2.39 bits per heavy atom. The van der Waals surface area contributed by atoms with E-state index in [0.29, 0.717) is 12.1 Å². The highest BCUT2D eigenvalue weighted by Crippen LogP contribution is 2.16. The maximum atomic E-state index is 12.5. The highest BCUT2D eigenvalue weighted by molar-refractivity contribution is 5.94. The minimum atomic E-state index is -0.0449. The van der Waals surface area contributed by atoms with Crippen molar-refractivity contribution in [2.75, 3.05) is 13.1 Å². The molecule has 4 heteroatoms. The molecule has 1 aliphatic heterocycles. The van der Waals surface area contributed by atoms with Gasteiger partial charge in [-0.15, -0.1) is 0 Å². The van der Waals surface area contributed by atoms with Gasteiger partial charge in [0.25, 0.3) is 5.91 Å². The molecule has 0 aliphatic carbocycles. The van der Waals surface area contributed by atoms with E-state index in [1.165, 1.54) is 44.3 Å². The van der Waals surface area contributed by atoms with Crippen LogP contribution in [0.3, 0.4) is 0 Å². The van der Waals surface area contributed by atoms with Crippen molar-refractivity contribution in [3.8, 4) is 5.75 Å². The minimum absolute atomic E-state index is 0.0449. The summed E-state index contributed by atoms with van der Waals surface area (Å²) < 4.78 is 5.71. The van der Waals surface area contributed by atoms with E-state index < -0.39 is 0 Å². The molecule has 0 radical (unpaired) electrons. The topological polar surface area (TPSA) is 41.6 Å². The van der Waals surface area contributed by atoms with E-state index in [9.17, 15) is 4.79 Å². The molecule has 150 valence electrons. The van der Waals surface area contributed by atoms with Crippen LogP contribution in [0.2, 0.25) is 0 Å². The predicted octanol–water partition coefficient (Wildman–Crippen LogP) is 4.78. The van der Waals surface area contributed by atoms with Crippen molar-refractivity contribution in [2.24, 2.45) is 0 Å². The standard InChI is InChI=1S/C24H32N2O2/c1-19(2)28-23-9-7-8-21(16-23)17-25-24(27)22-12-10-20(11-13-22)18-26-14-5-3-4-6-15-26/h7-13,16,19H,3-6,14-15,17-18H2,1-2H3,(H,25,27). The van der Waals surface area contributed by atoms with Gasteiger partial charge in [0, 0.05) is 18.7 Å². The highest BCUT2D eigenvalue weighted by atomic mass is 16.5. The van der Waals surface area contributed by atoms with Crippen LogP contribution in [0.4, 0.5) is 0 Å². The maximum absolute atomic E-state index is 12.5. The van der Waals surface area contributed by atoms with Crippen molar-refractivity contribution in [3.05, 3.63) is 65.2 Å². The van der Waals surface area contributed by atoms with Crippen LogP contribution in [0, 0.1) is 0 Å². The summed E-state index contributed by atoms with van der Waals surface area (Å²) in [7, 11) is 0. The van der Waals surface area contributed by atoms with Crippen LogP contribution < -0.4 is 10.1 Å². The first-order chi connectivity index (χ1) is 13.6. The summed E-state index contributed by atoms with van der Waals surface area (Å²) >= 11 is 0. The second-order valence-corrected chi connectivity index (χ2v) is 7.88. The number of ether oxygens (including phenoxy) is 1. The summed E-state index contributed by atoms with van der Waals surface area (Å²) in [5, 5.41) is 3.00. The molecule has 0 atom stereocenters. The van der Waals surface area contributed by atoms with Crippen LogP contribution in [-0.2, 0) is 13.1 Å². The molecule has 1 heterocycles. The van der Waals surface area contributed by atoms with Crippen LogP contribution in [-0.4, -0.2) is 30.0 Å². The molecule has 1 fully saturated rings. The number of hydrogen-bond acceptors (Lipinski definition) is 3. The lowest BCUT2D eigenvalue weighted by atomic mass is 10.1. The van der Waals surface area contributed by atoms with E-state index in [1.807, 2.05) is 50.2 Å². The van der Waals surface area contributed by atoms with E-state index in [0.717, 1.165) is 17.9 Å². The molecule has 1 saturated heterocycles. The summed E-state index contributed by atoms with van der Waals surface area (Å²) in [5.41, 5.74) is 3.01. The number of nitrogens with one attached hydrogen (secondary N) is 1. The Kier molecular flexibility index (Phi) is 7.49. The van der Waals surface area contributed by atoms with E-state index in [1.54, 1.807) is 0 Å². The molecule has 1 aliphatic rings. The number of rotatable bonds is 7. The van der Waals surface area contributed by atoms with Crippen molar-refractivity contribution in [1.29, 1.82) is 0 Å². The van der Waals surface area contributed by atoms with Crippen LogP contribution in [0.5, 0.6) is 5.75 Å². The van der Waals surface area contributed by atoms with E-state index >= 15 is 0 Å². The van der Waals surface area contributed by atoms with Crippen LogP contribution in [0.1, 0.15) is 61.0 Å². The first-order valence-corrected chi connectivity index (χ1v) is 10.5. The Hall–Kier alpha value is -2.33. The summed E-state index contributed by atoms with van der Waals surface area (Å²) in [4.78, 5) is 15.0. The smallest absolute Gasteiger partial charge is 0.251 e. The number of likely N-dealkylation sites (tertiary alicyclic amines) is 1. The molecule has 0 bridgehead atoms. The van der Waals surface area contributed by atoms with Crippen molar-refractivity contribution in [2.45, 2.75) is 58.7 Å². The average Bonchev–Trinajstić information content (AvgIpc) is 2.95. The first kappa shape index (κ1) is 20.4. The third-order valence-electron chi connectivity index (χ3n) is 5.04. The van der Waals surface area contributed by atoms with E-state index in [4.69, 9.17) is 4.74 Å². The average molecular weight is 381 g/mol. The van der Waals surface area contributed by atoms with Crippen molar-refractivity contribution in [1.82, 2.24) is 10.2 Å². The largest absolute Gasteiger partial charge is 0.491 e. The third-order valence-corrected chi connectivity index (χ3v) is 5.04. The van der Waals surface area contributed by atoms with E-state index in [2.05, 4.69) is 22.3 Å². The van der Waals surface area contributed by atoms with Crippen LogP contribution in [0.15, 0.2) is 48.5 Å². The lowest BCUT2D eigenvalue weighted by Gasteiger charge is -2.19. The minimum Gasteiger partial charge on any atom is -0.491 e. The van der Waals surface area contributed by atoms with Crippen molar-refractivity contribution < 1.29 is 9.53 Å². The molecule has 2 aromatic rings. The molecule has 0 unspecified atom stereocenters. The summed E-state index contributed by atoms with van der Waals surface area (Å²) in [5.74, 6) is 0.788. The Morgan fingerprint density at radius 2 is 1.71 bits per heavy atom. The zero-order valence-corrected chi connectivity index (χ0v) is 17.1.